The highest BCUT2D eigenvalue weighted by atomic mass is 16.5. The van der Waals surface area contributed by atoms with Crippen LogP contribution < -0.4 is 0 Å². The second kappa shape index (κ2) is 6.00. The molecule has 0 N–H and O–H groups in total. The average Bonchev–Trinajstić information content (AvgIpc) is 3.00. The molecule has 1 aliphatic heterocycles. The van der Waals surface area contributed by atoms with E-state index in [1.807, 2.05) is 11.5 Å². The molecule has 0 saturated carbocycles. The molecule has 0 amide bonds. The summed E-state index contributed by atoms with van der Waals surface area (Å²) in [5.74, 6) is 0.524. The SMILES string of the molecule is COC(=O)c1cnc(C)n1CCCC1CCCO1. The Labute approximate surface area is 107 Å². The van der Waals surface area contributed by atoms with E-state index in [4.69, 9.17) is 9.47 Å². The Morgan fingerprint density at radius 2 is 2.50 bits per heavy atom. The van der Waals surface area contributed by atoms with Crippen molar-refractivity contribution in [2.24, 2.45) is 0 Å². The first-order valence-corrected chi connectivity index (χ1v) is 6.44. The minimum Gasteiger partial charge on any atom is -0.464 e. The Hall–Kier alpha value is -1.36. The zero-order chi connectivity index (χ0) is 13.0. The lowest BCUT2D eigenvalue weighted by atomic mass is 10.1. The van der Waals surface area contributed by atoms with Crippen molar-refractivity contribution in [1.82, 2.24) is 9.55 Å². The van der Waals surface area contributed by atoms with Crippen LogP contribution in [0.15, 0.2) is 6.20 Å². The van der Waals surface area contributed by atoms with Crippen LogP contribution in [-0.4, -0.2) is 35.3 Å². The van der Waals surface area contributed by atoms with Crippen LogP contribution in [0.1, 0.15) is 42.0 Å². The van der Waals surface area contributed by atoms with Gasteiger partial charge < -0.3 is 14.0 Å². The summed E-state index contributed by atoms with van der Waals surface area (Å²) in [5, 5.41) is 0. The number of imidazole rings is 1. The maximum absolute atomic E-state index is 11.6. The minimum absolute atomic E-state index is 0.326. The third-order valence-electron chi connectivity index (χ3n) is 3.38. The summed E-state index contributed by atoms with van der Waals surface area (Å²) < 4.78 is 12.2. The molecule has 2 heterocycles. The number of esters is 1. The normalized spacial score (nSPS) is 19.1. The van der Waals surface area contributed by atoms with E-state index < -0.39 is 0 Å². The maximum Gasteiger partial charge on any atom is 0.356 e. The van der Waals surface area contributed by atoms with E-state index in [1.165, 1.54) is 13.5 Å². The molecule has 18 heavy (non-hydrogen) atoms. The highest BCUT2D eigenvalue weighted by molar-refractivity contribution is 5.87. The largest absolute Gasteiger partial charge is 0.464 e. The van der Waals surface area contributed by atoms with Gasteiger partial charge in [-0.05, 0) is 32.6 Å². The van der Waals surface area contributed by atoms with Crippen LogP contribution >= 0.6 is 0 Å². The van der Waals surface area contributed by atoms with Gasteiger partial charge in [-0.1, -0.05) is 0 Å². The number of carbonyl (C=O) groups is 1. The molecule has 5 heteroatoms. The molecular weight excluding hydrogens is 232 g/mol. The maximum atomic E-state index is 11.6. The van der Waals surface area contributed by atoms with Crippen molar-refractivity contribution < 1.29 is 14.3 Å². The van der Waals surface area contributed by atoms with Gasteiger partial charge in [-0.3, -0.25) is 0 Å². The number of aryl methyl sites for hydroxylation is 1. The smallest absolute Gasteiger partial charge is 0.356 e. The van der Waals surface area contributed by atoms with Gasteiger partial charge in [0.1, 0.15) is 11.5 Å². The van der Waals surface area contributed by atoms with E-state index in [9.17, 15) is 4.79 Å². The van der Waals surface area contributed by atoms with Crippen molar-refractivity contribution in [3.05, 3.63) is 17.7 Å². The molecule has 2 rings (SSSR count). The van der Waals surface area contributed by atoms with Crippen LogP contribution in [0, 0.1) is 6.92 Å². The Kier molecular flexibility index (Phi) is 4.36. The lowest BCUT2D eigenvalue weighted by Crippen LogP contribution is -2.13. The lowest BCUT2D eigenvalue weighted by Gasteiger charge is -2.11. The van der Waals surface area contributed by atoms with Gasteiger partial charge in [0, 0.05) is 13.2 Å². The Morgan fingerprint density at radius 3 is 3.17 bits per heavy atom. The zero-order valence-electron chi connectivity index (χ0n) is 11.0. The summed E-state index contributed by atoms with van der Waals surface area (Å²) in [5.41, 5.74) is 0.530. The van der Waals surface area contributed by atoms with Crippen molar-refractivity contribution in [3.63, 3.8) is 0 Å². The van der Waals surface area contributed by atoms with Gasteiger partial charge in [0.15, 0.2) is 0 Å². The van der Waals surface area contributed by atoms with Gasteiger partial charge in [-0.2, -0.15) is 0 Å². The molecule has 1 atom stereocenters. The zero-order valence-corrected chi connectivity index (χ0v) is 11.0. The van der Waals surface area contributed by atoms with Crippen molar-refractivity contribution >= 4 is 5.97 Å². The topological polar surface area (TPSA) is 53.3 Å². The van der Waals surface area contributed by atoms with Crippen molar-refractivity contribution in [1.29, 1.82) is 0 Å². The molecule has 1 aromatic rings. The summed E-state index contributed by atoms with van der Waals surface area (Å²) in [6, 6.07) is 0. The third-order valence-corrected chi connectivity index (χ3v) is 3.38. The van der Waals surface area contributed by atoms with Gasteiger partial charge in [0.2, 0.25) is 0 Å². The molecule has 1 aromatic heterocycles. The van der Waals surface area contributed by atoms with E-state index in [0.717, 1.165) is 38.2 Å². The van der Waals surface area contributed by atoms with Crippen LogP contribution in [0.2, 0.25) is 0 Å². The highest BCUT2D eigenvalue weighted by Crippen LogP contribution is 2.18. The molecule has 1 fully saturated rings. The number of hydrogen-bond donors (Lipinski definition) is 0. The molecule has 1 aliphatic rings. The first kappa shape index (κ1) is 13.1. The molecule has 0 radical (unpaired) electrons. The van der Waals surface area contributed by atoms with Crippen LogP contribution in [0.25, 0.3) is 0 Å². The standard InChI is InChI=1S/C13H20N2O3/c1-10-14-9-12(13(16)17-2)15(10)7-3-5-11-6-4-8-18-11/h9,11H,3-8H2,1-2H3. The second-order valence-corrected chi connectivity index (χ2v) is 4.61. The summed E-state index contributed by atoms with van der Waals surface area (Å²) in [6.45, 7) is 3.58. The van der Waals surface area contributed by atoms with Crippen LogP contribution in [-0.2, 0) is 16.0 Å². The van der Waals surface area contributed by atoms with E-state index in [2.05, 4.69) is 4.98 Å². The molecule has 1 unspecified atom stereocenters. The fourth-order valence-corrected chi connectivity index (χ4v) is 2.37. The van der Waals surface area contributed by atoms with E-state index >= 15 is 0 Å². The fraction of sp³-hybridized carbons (Fsp3) is 0.692. The molecule has 1 saturated heterocycles. The third kappa shape index (κ3) is 2.90. The number of aromatic nitrogens is 2. The van der Waals surface area contributed by atoms with Crippen molar-refractivity contribution in [2.45, 2.75) is 45.3 Å². The van der Waals surface area contributed by atoms with Crippen LogP contribution in [0.4, 0.5) is 0 Å². The highest BCUT2D eigenvalue weighted by Gasteiger charge is 2.17. The van der Waals surface area contributed by atoms with Crippen LogP contribution in [0.5, 0.6) is 0 Å². The first-order chi connectivity index (χ1) is 8.72. The monoisotopic (exact) mass is 252 g/mol. The average molecular weight is 252 g/mol. The summed E-state index contributed by atoms with van der Waals surface area (Å²) in [4.78, 5) is 15.7. The number of carbonyl (C=O) groups excluding carboxylic acids is 1. The Balaban J connectivity index is 1.91. The quantitative estimate of drug-likeness (QED) is 0.751. The number of nitrogens with zero attached hydrogens (tertiary/aromatic N) is 2. The summed E-state index contributed by atoms with van der Waals surface area (Å²) in [7, 11) is 1.39. The van der Waals surface area contributed by atoms with Gasteiger partial charge in [0.25, 0.3) is 0 Å². The number of rotatable bonds is 5. The molecule has 5 nitrogen and oxygen atoms in total. The molecule has 0 aliphatic carbocycles. The summed E-state index contributed by atoms with van der Waals surface area (Å²) >= 11 is 0. The van der Waals surface area contributed by atoms with Crippen LogP contribution in [0.3, 0.4) is 0 Å². The number of ether oxygens (including phenoxy) is 2. The molecular formula is C13H20N2O3. The molecule has 0 bridgehead atoms. The predicted octanol–water partition coefficient (Wildman–Crippen LogP) is 1.94. The molecule has 0 spiro atoms. The van der Waals surface area contributed by atoms with Gasteiger partial charge in [-0.25, -0.2) is 9.78 Å². The van der Waals surface area contributed by atoms with Gasteiger partial charge in [0.05, 0.1) is 19.4 Å². The van der Waals surface area contributed by atoms with E-state index in [1.54, 1.807) is 6.20 Å². The van der Waals surface area contributed by atoms with E-state index in [-0.39, 0.29) is 5.97 Å². The lowest BCUT2D eigenvalue weighted by molar-refractivity contribution is 0.0587. The van der Waals surface area contributed by atoms with Crippen molar-refractivity contribution in [2.75, 3.05) is 13.7 Å². The minimum atomic E-state index is -0.326. The number of hydrogen-bond acceptors (Lipinski definition) is 4. The Bertz CT molecular complexity index is 408. The Morgan fingerprint density at radius 1 is 1.67 bits per heavy atom. The van der Waals surface area contributed by atoms with E-state index in [0.29, 0.717) is 11.8 Å². The number of methoxy groups -OCH3 is 1. The summed E-state index contributed by atoms with van der Waals surface area (Å²) in [6.07, 6.45) is 6.34. The first-order valence-electron chi connectivity index (χ1n) is 6.44. The van der Waals surface area contributed by atoms with Crippen molar-refractivity contribution in [3.8, 4) is 0 Å². The van der Waals surface area contributed by atoms with Gasteiger partial charge >= 0.3 is 5.97 Å². The molecule has 0 aromatic carbocycles. The fourth-order valence-electron chi connectivity index (χ4n) is 2.37. The second-order valence-electron chi connectivity index (χ2n) is 4.61. The van der Waals surface area contributed by atoms with Gasteiger partial charge in [-0.15, -0.1) is 0 Å². The molecule has 100 valence electrons. The predicted molar refractivity (Wildman–Crippen MR) is 66.5 cm³/mol.